The molecule has 1 aromatic carbocycles. The molecule has 0 aliphatic heterocycles. The summed E-state index contributed by atoms with van der Waals surface area (Å²) in [5, 5.41) is 3.09. The standard InChI is InChI=1S/C12H16ClNO3/c1-12(2,3)17-11(15)14-8-5-6-9(13)10(7-8)16-4/h5-7H,1-4H3,(H,14,15). The first-order valence-corrected chi connectivity index (χ1v) is 5.53. The van der Waals surface area contributed by atoms with Crippen LogP contribution < -0.4 is 10.1 Å². The molecule has 5 heteroatoms. The predicted molar refractivity (Wildman–Crippen MR) is 67.9 cm³/mol. The first-order valence-electron chi connectivity index (χ1n) is 5.15. The van der Waals surface area contributed by atoms with Crippen molar-refractivity contribution < 1.29 is 14.3 Å². The number of methoxy groups -OCH3 is 1. The average Bonchev–Trinajstić information content (AvgIpc) is 2.18. The monoisotopic (exact) mass is 257 g/mol. The van der Waals surface area contributed by atoms with Crippen molar-refractivity contribution >= 4 is 23.4 Å². The van der Waals surface area contributed by atoms with Crippen molar-refractivity contribution in [2.24, 2.45) is 0 Å². The molecule has 0 spiro atoms. The SMILES string of the molecule is COc1cc(NC(=O)OC(C)(C)C)ccc1Cl. The zero-order valence-electron chi connectivity index (χ0n) is 10.3. The van der Waals surface area contributed by atoms with Crippen molar-refractivity contribution in [2.45, 2.75) is 26.4 Å². The van der Waals surface area contributed by atoms with Crippen molar-refractivity contribution in [1.82, 2.24) is 0 Å². The van der Waals surface area contributed by atoms with Crippen molar-refractivity contribution in [1.29, 1.82) is 0 Å². The molecule has 1 aromatic rings. The maximum atomic E-state index is 11.5. The highest BCUT2D eigenvalue weighted by atomic mass is 35.5. The Morgan fingerprint density at radius 2 is 2.00 bits per heavy atom. The molecule has 0 aliphatic rings. The van der Waals surface area contributed by atoms with Crippen LogP contribution in [-0.2, 0) is 4.74 Å². The maximum Gasteiger partial charge on any atom is 0.412 e. The minimum absolute atomic E-state index is 0.488. The topological polar surface area (TPSA) is 47.6 Å². The molecule has 94 valence electrons. The number of carbonyl (C=O) groups is 1. The molecule has 0 heterocycles. The fourth-order valence-corrected chi connectivity index (χ4v) is 1.35. The quantitative estimate of drug-likeness (QED) is 0.879. The zero-order valence-corrected chi connectivity index (χ0v) is 11.1. The molecule has 0 aliphatic carbocycles. The van der Waals surface area contributed by atoms with Crippen molar-refractivity contribution in [3.63, 3.8) is 0 Å². The van der Waals surface area contributed by atoms with Gasteiger partial charge in [-0.15, -0.1) is 0 Å². The van der Waals surface area contributed by atoms with Crippen LogP contribution in [-0.4, -0.2) is 18.8 Å². The van der Waals surface area contributed by atoms with Gasteiger partial charge in [-0.05, 0) is 32.9 Å². The van der Waals surface area contributed by atoms with Crippen molar-refractivity contribution in [3.05, 3.63) is 23.2 Å². The van der Waals surface area contributed by atoms with Gasteiger partial charge in [-0.3, -0.25) is 5.32 Å². The highest BCUT2D eigenvalue weighted by Crippen LogP contribution is 2.27. The van der Waals surface area contributed by atoms with Gasteiger partial charge in [0.1, 0.15) is 11.4 Å². The lowest BCUT2D eigenvalue weighted by Gasteiger charge is -2.19. The van der Waals surface area contributed by atoms with Gasteiger partial charge < -0.3 is 9.47 Å². The van der Waals surface area contributed by atoms with Crippen LogP contribution in [0.25, 0.3) is 0 Å². The second kappa shape index (κ2) is 5.27. The Morgan fingerprint density at radius 3 is 2.53 bits per heavy atom. The molecule has 1 amide bonds. The van der Waals surface area contributed by atoms with Gasteiger partial charge in [-0.1, -0.05) is 11.6 Å². The lowest BCUT2D eigenvalue weighted by Crippen LogP contribution is -2.27. The Balaban J connectivity index is 2.72. The molecule has 0 saturated carbocycles. The average molecular weight is 258 g/mol. The van der Waals surface area contributed by atoms with Crippen LogP contribution in [0.2, 0.25) is 5.02 Å². The molecule has 0 atom stereocenters. The van der Waals surface area contributed by atoms with Gasteiger partial charge in [0.25, 0.3) is 0 Å². The Morgan fingerprint density at radius 1 is 1.35 bits per heavy atom. The molecule has 0 radical (unpaired) electrons. The summed E-state index contributed by atoms with van der Waals surface area (Å²) in [4.78, 5) is 11.5. The molecule has 0 bridgehead atoms. The highest BCUT2D eigenvalue weighted by Gasteiger charge is 2.16. The van der Waals surface area contributed by atoms with Gasteiger partial charge >= 0.3 is 6.09 Å². The largest absolute Gasteiger partial charge is 0.495 e. The van der Waals surface area contributed by atoms with Crippen molar-refractivity contribution in [2.75, 3.05) is 12.4 Å². The number of anilines is 1. The fourth-order valence-electron chi connectivity index (χ4n) is 1.16. The van der Waals surface area contributed by atoms with E-state index in [4.69, 9.17) is 21.1 Å². The fraction of sp³-hybridized carbons (Fsp3) is 0.417. The second-order valence-corrected chi connectivity index (χ2v) is 4.88. The van der Waals surface area contributed by atoms with E-state index in [9.17, 15) is 4.79 Å². The first kappa shape index (κ1) is 13.6. The summed E-state index contributed by atoms with van der Waals surface area (Å²) < 4.78 is 10.2. The molecule has 0 unspecified atom stereocenters. The number of amides is 1. The second-order valence-electron chi connectivity index (χ2n) is 4.48. The number of carbonyl (C=O) groups excluding carboxylic acids is 1. The van der Waals surface area contributed by atoms with E-state index in [0.717, 1.165) is 0 Å². The summed E-state index contributed by atoms with van der Waals surface area (Å²) in [6, 6.07) is 4.95. The number of hydrogen-bond donors (Lipinski definition) is 1. The maximum absolute atomic E-state index is 11.5. The summed E-state index contributed by atoms with van der Waals surface area (Å²) in [5.74, 6) is 0.500. The van der Waals surface area contributed by atoms with Gasteiger partial charge in [-0.25, -0.2) is 4.79 Å². The number of nitrogens with one attached hydrogen (secondary N) is 1. The third kappa shape index (κ3) is 4.53. The lowest BCUT2D eigenvalue weighted by atomic mass is 10.2. The normalized spacial score (nSPS) is 10.9. The minimum atomic E-state index is -0.527. The molecule has 0 aromatic heterocycles. The summed E-state index contributed by atoms with van der Waals surface area (Å²) in [5.41, 5.74) is 0.0427. The van der Waals surface area contributed by atoms with E-state index in [0.29, 0.717) is 16.5 Å². The van der Waals surface area contributed by atoms with Crippen LogP contribution in [0.1, 0.15) is 20.8 Å². The van der Waals surface area contributed by atoms with E-state index in [1.165, 1.54) is 7.11 Å². The number of halogens is 1. The smallest absolute Gasteiger partial charge is 0.412 e. The summed E-state index contributed by atoms with van der Waals surface area (Å²) in [6.45, 7) is 5.40. The third-order valence-electron chi connectivity index (χ3n) is 1.80. The minimum Gasteiger partial charge on any atom is -0.495 e. The molecule has 1 rings (SSSR count). The van der Waals surface area contributed by atoms with Crippen LogP contribution in [0, 0.1) is 0 Å². The van der Waals surface area contributed by atoms with Gasteiger partial charge in [0.15, 0.2) is 0 Å². The number of ether oxygens (including phenoxy) is 2. The van der Waals surface area contributed by atoms with Gasteiger partial charge in [0.2, 0.25) is 0 Å². The van der Waals surface area contributed by atoms with E-state index in [2.05, 4.69) is 5.32 Å². The van der Waals surface area contributed by atoms with Gasteiger partial charge in [0.05, 0.1) is 12.1 Å². The van der Waals surface area contributed by atoms with Crippen LogP contribution in [0.4, 0.5) is 10.5 Å². The molecule has 4 nitrogen and oxygen atoms in total. The van der Waals surface area contributed by atoms with Crippen LogP contribution in [0.3, 0.4) is 0 Å². The lowest BCUT2D eigenvalue weighted by molar-refractivity contribution is 0.0636. The Hall–Kier alpha value is -1.42. The van der Waals surface area contributed by atoms with E-state index in [1.54, 1.807) is 39.0 Å². The summed E-state index contributed by atoms with van der Waals surface area (Å²) in [7, 11) is 1.51. The molecule has 0 saturated heterocycles. The summed E-state index contributed by atoms with van der Waals surface area (Å²) in [6.07, 6.45) is -0.512. The number of benzene rings is 1. The zero-order chi connectivity index (χ0) is 13.1. The van der Waals surface area contributed by atoms with Crippen LogP contribution in [0.15, 0.2) is 18.2 Å². The third-order valence-corrected chi connectivity index (χ3v) is 2.11. The van der Waals surface area contributed by atoms with Crippen LogP contribution in [0.5, 0.6) is 5.75 Å². The molecule has 1 N–H and O–H groups in total. The van der Waals surface area contributed by atoms with E-state index in [1.807, 2.05) is 0 Å². The first-order chi connectivity index (χ1) is 7.81. The molecular weight excluding hydrogens is 242 g/mol. The van der Waals surface area contributed by atoms with Crippen molar-refractivity contribution in [3.8, 4) is 5.75 Å². The van der Waals surface area contributed by atoms with Gasteiger partial charge in [0, 0.05) is 11.8 Å². The Bertz CT molecular complexity index is 413. The van der Waals surface area contributed by atoms with Gasteiger partial charge in [-0.2, -0.15) is 0 Å². The van der Waals surface area contributed by atoms with E-state index >= 15 is 0 Å². The molecule has 0 fully saturated rings. The predicted octanol–water partition coefficient (Wildman–Crippen LogP) is 3.70. The van der Waals surface area contributed by atoms with E-state index in [-0.39, 0.29) is 0 Å². The highest BCUT2D eigenvalue weighted by molar-refractivity contribution is 6.32. The molecular formula is C12H16ClNO3. The Kier molecular flexibility index (Phi) is 4.23. The Labute approximate surface area is 106 Å². The number of hydrogen-bond acceptors (Lipinski definition) is 3. The number of rotatable bonds is 2. The summed E-state index contributed by atoms with van der Waals surface area (Å²) >= 11 is 5.87. The molecule has 17 heavy (non-hydrogen) atoms. The van der Waals surface area contributed by atoms with E-state index < -0.39 is 11.7 Å². The van der Waals surface area contributed by atoms with Crippen LogP contribution >= 0.6 is 11.6 Å².